The fourth-order valence-corrected chi connectivity index (χ4v) is 1.88. The average Bonchev–Trinajstić information content (AvgIpc) is 2.53. The number of hydrogen-bond donors (Lipinski definition) is 0. The van der Waals surface area contributed by atoms with Crippen molar-refractivity contribution in [1.82, 2.24) is 9.97 Å². The predicted molar refractivity (Wildman–Crippen MR) is 74.9 cm³/mol. The number of esters is 1. The quantitative estimate of drug-likeness (QED) is 0.477. The number of carbonyl (C=O) groups excluding carboxylic acids is 2. The Morgan fingerprint density at radius 2 is 1.95 bits per heavy atom. The number of nitrogens with zero attached hydrogens (tertiary/aromatic N) is 2. The largest absolute Gasteiger partial charge is 0.453 e. The molecular weight excluding hydrogens is 276 g/mol. The Hall–Kier alpha value is -2.21. The molecule has 0 aliphatic carbocycles. The summed E-state index contributed by atoms with van der Waals surface area (Å²) in [5.41, 5.74) is 0.591. The Balaban J connectivity index is 1.93. The van der Waals surface area contributed by atoms with E-state index in [-0.39, 0.29) is 18.1 Å². The van der Waals surface area contributed by atoms with Crippen molar-refractivity contribution < 1.29 is 14.3 Å². The van der Waals surface area contributed by atoms with Gasteiger partial charge in [0.15, 0.2) is 18.1 Å². The molecule has 0 bridgehead atoms. The minimum Gasteiger partial charge on any atom is -0.453 e. The summed E-state index contributed by atoms with van der Waals surface area (Å²) in [6, 6.07) is 7.12. The summed E-state index contributed by atoms with van der Waals surface area (Å²) in [6.07, 6.45) is 6.09. The topological polar surface area (TPSA) is 69.2 Å². The van der Waals surface area contributed by atoms with E-state index >= 15 is 0 Å². The fraction of sp³-hybridized carbons (Fsp3) is 0.143. The Labute approximate surface area is 120 Å². The highest BCUT2D eigenvalue weighted by atomic mass is 32.2. The first-order valence-corrected chi connectivity index (χ1v) is 7.03. The van der Waals surface area contributed by atoms with E-state index in [1.807, 2.05) is 18.4 Å². The second kappa shape index (κ2) is 6.81. The second-order valence-corrected chi connectivity index (χ2v) is 4.70. The van der Waals surface area contributed by atoms with Crippen LogP contribution in [0.2, 0.25) is 0 Å². The molecule has 0 spiro atoms. The molecule has 0 aliphatic rings. The number of ketones is 1. The molecule has 0 saturated carbocycles. The van der Waals surface area contributed by atoms with Gasteiger partial charge in [0.2, 0.25) is 0 Å². The molecule has 2 rings (SSSR count). The first-order valence-electron chi connectivity index (χ1n) is 5.81. The molecule has 0 fully saturated rings. The fourth-order valence-electron chi connectivity index (χ4n) is 1.47. The van der Waals surface area contributed by atoms with Crippen LogP contribution in [0.25, 0.3) is 0 Å². The Bertz CT molecular complexity index is 600. The van der Waals surface area contributed by atoms with Crippen LogP contribution in [0.5, 0.6) is 0 Å². The molecule has 1 heterocycles. The van der Waals surface area contributed by atoms with Crippen molar-refractivity contribution in [2.75, 3.05) is 12.9 Å². The van der Waals surface area contributed by atoms with Gasteiger partial charge in [0.1, 0.15) is 0 Å². The van der Waals surface area contributed by atoms with E-state index in [0.29, 0.717) is 5.56 Å². The number of benzene rings is 1. The summed E-state index contributed by atoms with van der Waals surface area (Å²) in [5, 5.41) is 0. The smallest absolute Gasteiger partial charge is 0.358 e. The normalized spacial score (nSPS) is 10.1. The van der Waals surface area contributed by atoms with Crippen molar-refractivity contribution in [3.8, 4) is 0 Å². The van der Waals surface area contributed by atoms with Crippen molar-refractivity contribution >= 4 is 23.5 Å². The lowest BCUT2D eigenvalue weighted by molar-refractivity contribution is 0.0468. The summed E-state index contributed by atoms with van der Waals surface area (Å²) >= 11 is 1.59. The molecular formula is C14H12N2O3S. The standard InChI is InChI=1S/C14H12N2O3S/c1-20-11-4-2-10(3-5-11)13(17)9-19-14(18)12-8-15-6-7-16-12/h2-8H,9H2,1H3. The van der Waals surface area contributed by atoms with Gasteiger partial charge in [0, 0.05) is 22.9 Å². The molecule has 0 amide bonds. The minimum atomic E-state index is -0.660. The number of rotatable bonds is 5. The summed E-state index contributed by atoms with van der Waals surface area (Å²) < 4.78 is 4.90. The van der Waals surface area contributed by atoms with Gasteiger partial charge < -0.3 is 4.74 Å². The molecule has 102 valence electrons. The third kappa shape index (κ3) is 3.64. The van der Waals surface area contributed by atoms with Crippen LogP contribution in [0.1, 0.15) is 20.8 Å². The molecule has 1 aromatic carbocycles. The van der Waals surface area contributed by atoms with E-state index in [9.17, 15) is 9.59 Å². The van der Waals surface area contributed by atoms with Crippen LogP contribution in [0.15, 0.2) is 47.8 Å². The van der Waals surface area contributed by atoms with Gasteiger partial charge >= 0.3 is 5.97 Å². The summed E-state index contributed by atoms with van der Waals surface area (Å²) in [7, 11) is 0. The van der Waals surface area contributed by atoms with Gasteiger partial charge in [-0.1, -0.05) is 12.1 Å². The molecule has 0 saturated heterocycles. The first-order chi connectivity index (χ1) is 9.70. The van der Waals surface area contributed by atoms with Crippen LogP contribution in [0.4, 0.5) is 0 Å². The monoisotopic (exact) mass is 288 g/mol. The summed E-state index contributed by atoms with van der Waals surface area (Å²) in [5.74, 6) is -0.915. The number of ether oxygens (including phenoxy) is 1. The van der Waals surface area contributed by atoms with Gasteiger partial charge in [-0.2, -0.15) is 0 Å². The lowest BCUT2D eigenvalue weighted by Crippen LogP contribution is -2.15. The van der Waals surface area contributed by atoms with E-state index < -0.39 is 5.97 Å². The van der Waals surface area contributed by atoms with Crippen LogP contribution < -0.4 is 0 Å². The van der Waals surface area contributed by atoms with E-state index in [2.05, 4.69) is 9.97 Å². The highest BCUT2D eigenvalue weighted by Crippen LogP contribution is 2.15. The number of carbonyl (C=O) groups is 2. The van der Waals surface area contributed by atoms with Gasteiger partial charge in [-0.25, -0.2) is 9.78 Å². The third-order valence-electron chi connectivity index (χ3n) is 2.52. The molecule has 0 N–H and O–H groups in total. The highest BCUT2D eigenvalue weighted by molar-refractivity contribution is 7.98. The zero-order valence-corrected chi connectivity index (χ0v) is 11.6. The molecule has 0 aliphatic heterocycles. The summed E-state index contributed by atoms with van der Waals surface area (Å²) in [6.45, 7) is -0.311. The number of thioether (sulfide) groups is 1. The van der Waals surface area contributed by atoms with E-state index in [4.69, 9.17) is 4.74 Å². The second-order valence-electron chi connectivity index (χ2n) is 3.82. The number of aromatic nitrogens is 2. The van der Waals surface area contributed by atoms with Gasteiger partial charge in [0.25, 0.3) is 0 Å². The van der Waals surface area contributed by atoms with Crippen molar-refractivity contribution in [3.05, 3.63) is 54.1 Å². The molecule has 2 aromatic rings. The van der Waals surface area contributed by atoms with Crippen molar-refractivity contribution in [1.29, 1.82) is 0 Å². The molecule has 0 unspecified atom stereocenters. The van der Waals surface area contributed by atoms with E-state index in [0.717, 1.165) is 4.90 Å². The lowest BCUT2D eigenvalue weighted by Gasteiger charge is -2.04. The predicted octanol–water partition coefficient (Wildman–Crippen LogP) is 2.24. The maximum absolute atomic E-state index is 11.9. The van der Waals surface area contributed by atoms with Crippen molar-refractivity contribution in [2.45, 2.75) is 4.90 Å². The SMILES string of the molecule is CSc1ccc(C(=O)COC(=O)c2cnccn2)cc1. The van der Waals surface area contributed by atoms with Crippen LogP contribution in [0.3, 0.4) is 0 Å². The van der Waals surface area contributed by atoms with Crippen LogP contribution in [0, 0.1) is 0 Å². The number of Topliss-reactive ketones (excluding diaryl/α,β-unsaturated/α-hetero) is 1. The van der Waals surface area contributed by atoms with Crippen LogP contribution in [-0.2, 0) is 4.74 Å². The van der Waals surface area contributed by atoms with Crippen molar-refractivity contribution in [3.63, 3.8) is 0 Å². The first kappa shape index (κ1) is 14.2. The third-order valence-corrected chi connectivity index (χ3v) is 3.26. The zero-order valence-electron chi connectivity index (χ0n) is 10.8. The molecule has 20 heavy (non-hydrogen) atoms. The van der Waals surface area contributed by atoms with Gasteiger partial charge in [-0.15, -0.1) is 11.8 Å². The van der Waals surface area contributed by atoms with Crippen LogP contribution in [-0.4, -0.2) is 34.6 Å². The lowest BCUT2D eigenvalue weighted by atomic mass is 10.1. The summed E-state index contributed by atoms with van der Waals surface area (Å²) in [4.78, 5) is 32.1. The van der Waals surface area contributed by atoms with Crippen molar-refractivity contribution in [2.24, 2.45) is 0 Å². The minimum absolute atomic E-state index is 0.0815. The van der Waals surface area contributed by atoms with E-state index in [1.165, 1.54) is 18.6 Å². The molecule has 0 atom stereocenters. The number of hydrogen-bond acceptors (Lipinski definition) is 6. The average molecular weight is 288 g/mol. The zero-order chi connectivity index (χ0) is 14.4. The van der Waals surface area contributed by atoms with Gasteiger partial charge in [-0.05, 0) is 18.4 Å². The van der Waals surface area contributed by atoms with Gasteiger partial charge in [0.05, 0.1) is 6.20 Å². The van der Waals surface area contributed by atoms with Gasteiger partial charge in [-0.3, -0.25) is 9.78 Å². The molecule has 6 heteroatoms. The molecule has 5 nitrogen and oxygen atoms in total. The Morgan fingerprint density at radius 3 is 2.55 bits per heavy atom. The molecule has 0 radical (unpaired) electrons. The Kier molecular flexibility index (Phi) is 4.84. The molecule has 1 aromatic heterocycles. The maximum atomic E-state index is 11.9. The maximum Gasteiger partial charge on any atom is 0.358 e. The van der Waals surface area contributed by atoms with Crippen LogP contribution >= 0.6 is 11.8 Å². The highest BCUT2D eigenvalue weighted by Gasteiger charge is 2.12. The van der Waals surface area contributed by atoms with E-state index in [1.54, 1.807) is 23.9 Å². The Morgan fingerprint density at radius 1 is 1.20 bits per heavy atom.